The van der Waals surface area contributed by atoms with Crippen LogP contribution < -0.4 is 5.73 Å². The zero-order valence-electron chi connectivity index (χ0n) is 13.5. The van der Waals surface area contributed by atoms with Gasteiger partial charge in [-0.3, -0.25) is 4.79 Å². The number of fused-ring (bicyclic) bond motifs is 1. The van der Waals surface area contributed by atoms with Crippen molar-refractivity contribution in [2.24, 2.45) is 11.7 Å². The van der Waals surface area contributed by atoms with Crippen molar-refractivity contribution in [2.45, 2.75) is 44.5 Å². The molecule has 2 rings (SSSR count). The van der Waals surface area contributed by atoms with Crippen molar-refractivity contribution in [2.75, 3.05) is 7.11 Å². The summed E-state index contributed by atoms with van der Waals surface area (Å²) in [7, 11) is 0.0707. The van der Waals surface area contributed by atoms with E-state index in [1.165, 1.54) is 7.11 Å². The van der Waals surface area contributed by atoms with Gasteiger partial charge in [-0.15, -0.1) is 0 Å². The highest BCUT2D eigenvalue weighted by Crippen LogP contribution is 2.47. The summed E-state index contributed by atoms with van der Waals surface area (Å²) < 4.78 is 5.05. The second kappa shape index (κ2) is 7.22. The van der Waals surface area contributed by atoms with Crippen LogP contribution in [0.25, 0.3) is 0 Å². The number of halogens is 1. The van der Waals surface area contributed by atoms with Crippen LogP contribution in [0.5, 0.6) is 0 Å². The molecular weight excluding hydrogens is 316 g/mol. The van der Waals surface area contributed by atoms with E-state index in [0.717, 1.165) is 16.7 Å². The first-order valence-corrected chi connectivity index (χ1v) is 8.18. The van der Waals surface area contributed by atoms with Crippen LogP contribution >= 0.6 is 11.6 Å². The van der Waals surface area contributed by atoms with Crippen molar-refractivity contribution < 1.29 is 19.6 Å². The summed E-state index contributed by atoms with van der Waals surface area (Å²) in [6.45, 7) is 2.20. The van der Waals surface area contributed by atoms with Gasteiger partial charge in [-0.1, -0.05) is 24.1 Å². The minimum absolute atomic E-state index is 0.0350. The van der Waals surface area contributed by atoms with Crippen molar-refractivity contribution >= 4 is 24.7 Å². The lowest BCUT2D eigenvalue weighted by atomic mass is 9.72. The highest BCUT2D eigenvalue weighted by molar-refractivity contribution is 6.40. The minimum atomic E-state index is -1.32. The highest BCUT2D eigenvalue weighted by atomic mass is 35.5. The summed E-state index contributed by atoms with van der Waals surface area (Å²) in [6, 6.07) is 3.80. The number of esters is 1. The highest BCUT2D eigenvalue weighted by Gasteiger charge is 2.49. The Kier molecular flexibility index (Phi) is 5.73. The van der Waals surface area contributed by atoms with Crippen LogP contribution in [0.15, 0.2) is 12.1 Å². The van der Waals surface area contributed by atoms with Gasteiger partial charge in [0.2, 0.25) is 0 Å². The van der Waals surface area contributed by atoms with Crippen molar-refractivity contribution in [1.29, 1.82) is 0 Å². The standard InChI is InChI=1S/C16H23BClNO4/c1-16(15(20)23-2)12(4-3-5-17(21)22)6-10-8-14(18)11(9-19)7-13(10)16/h7-8,12,21-22H,3-6,9,19H2,1-2H3/t12-,16-/m0/s1. The Hall–Kier alpha value is -1.08. The van der Waals surface area contributed by atoms with Gasteiger partial charge in [0.25, 0.3) is 0 Å². The molecule has 0 heterocycles. The van der Waals surface area contributed by atoms with Gasteiger partial charge in [-0.05, 0) is 54.8 Å². The molecule has 0 amide bonds. The van der Waals surface area contributed by atoms with Crippen molar-refractivity contribution in [1.82, 2.24) is 0 Å². The second-order valence-electron chi connectivity index (χ2n) is 6.31. The zero-order chi connectivity index (χ0) is 17.2. The van der Waals surface area contributed by atoms with Gasteiger partial charge in [-0.2, -0.15) is 0 Å². The van der Waals surface area contributed by atoms with Crippen LogP contribution in [0.2, 0.25) is 11.3 Å². The number of hydrogen-bond acceptors (Lipinski definition) is 5. The summed E-state index contributed by atoms with van der Waals surface area (Å²) in [4.78, 5) is 12.5. The van der Waals surface area contributed by atoms with Gasteiger partial charge in [0, 0.05) is 11.6 Å². The Morgan fingerprint density at radius 1 is 1.52 bits per heavy atom. The number of hydrogen-bond donors (Lipinski definition) is 3. The summed E-state index contributed by atoms with van der Waals surface area (Å²) >= 11 is 6.25. The maximum atomic E-state index is 12.5. The first kappa shape index (κ1) is 18.3. The molecule has 0 saturated carbocycles. The van der Waals surface area contributed by atoms with E-state index in [0.29, 0.717) is 37.2 Å². The molecule has 126 valence electrons. The lowest BCUT2D eigenvalue weighted by Gasteiger charge is -2.30. The van der Waals surface area contributed by atoms with E-state index in [2.05, 4.69) is 0 Å². The third-order valence-corrected chi connectivity index (χ3v) is 5.31. The van der Waals surface area contributed by atoms with Crippen LogP contribution in [0.3, 0.4) is 0 Å². The summed E-state index contributed by atoms with van der Waals surface area (Å²) in [5.74, 6) is -0.246. The summed E-state index contributed by atoms with van der Waals surface area (Å²) in [5, 5.41) is 18.7. The number of carbonyl (C=O) groups is 1. The van der Waals surface area contributed by atoms with Crippen LogP contribution in [-0.2, 0) is 27.9 Å². The molecule has 0 bridgehead atoms. The third-order valence-electron chi connectivity index (χ3n) is 4.96. The second-order valence-corrected chi connectivity index (χ2v) is 6.72. The van der Waals surface area contributed by atoms with E-state index in [-0.39, 0.29) is 11.9 Å². The number of benzene rings is 1. The Morgan fingerprint density at radius 2 is 2.22 bits per heavy atom. The summed E-state index contributed by atoms with van der Waals surface area (Å²) in [5.41, 5.74) is 7.74. The Bertz CT molecular complexity index is 596. The van der Waals surface area contributed by atoms with Crippen LogP contribution in [0.1, 0.15) is 36.5 Å². The largest absolute Gasteiger partial charge is 0.468 e. The SMILES string of the molecule is COC(=O)[C@]1(C)c2cc(CN)c(Cl)cc2C[C@@H]1CCCB(O)O. The molecule has 1 aliphatic carbocycles. The molecule has 0 unspecified atom stereocenters. The average molecular weight is 340 g/mol. The van der Waals surface area contributed by atoms with E-state index in [1.807, 2.05) is 19.1 Å². The smallest absolute Gasteiger partial charge is 0.451 e. The first-order valence-electron chi connectivity index (χ1n) is 7.81. The topological polar surface area (TPSA) is 92.8 Å². The van der Waals surface area contributed by atoms with Crippen molar-refractivity contribution in [3.8, 4) is 0 Å². The lowest BCUT2D eigenvalue weighted by Crippen LogP contribution is -2.38. The van der Waals surface area contributed by atoms with Crippen LogP contribution in [-0.4, -0.2) is 30.2 Å². The normalized spacial score (nSPS) is 22.8. The molecule has 0 aliphatic heterocycles. The van der Waals surface area contributed by atoms with Gasteiger partial charge in [0.15, 0.2) is 0 Å². The molecular formula is C16H23BClNO4. The van der Waals surface area contributed by atoms with E-state index < -0.39 is 12.5 Å². The molecule has 0 radical (unpaired) electrons. The Balaban J connectivity index is 2.37. The van der Waals surface area contributed by atoms with Gasteiger partial charge < -0.3 is 20.5 Å². The van der Waals surface area contributed by atoms with E-state index in [9.17, 15) is 4.79 Å². The van der Waals surface area contributed by atoms with Gasteiger partial charge in [0.1, 0.15) is 0 Å². The fourth-order valence-corrected chi connectivity index (χ4v) is 3.85. The third kappa shape index (κ3) is 3.40. The monoisotopic (exact) mass is 339 g/mol. The summed E-state index contributed by atoms with van der Waals surface area (Å²) in [6.07, 6.45) is 2.33. The molecule has 0 fully saturated rings. The number of rotatable bonds is 6. The molecule has 7 heteroatoms. The van der Waals surface area contributed by atoms with E-state index >= 15 is 0 Å². The fourth-order valence-electron chi connectivity index (χ4n) is 3.58. The molecule has 4 N–H and O–H groups in total. The molecule has 1 aromatic carbocycles. The molecule has 2 atom stereocenters. The number of carbonyl (C=O) groups excluding carboxylic acids is 1. The van der Waals surface area contributed by atoms with E-state index in [1.54, 1.807) is 0 Å². The number of methoxy groups -OCH3 is 1. The van der Waals surface area contributed by atoms with Crippen molar-refractivity contribution in [3.63, 3.8) is 0 Å². The van der Waals surface area contributed by atoms with Gasteiger partial charge in [0.05, 0.1) is 12.5 Å². The Morgan fingerprint density at radius 3 is 2.78 bits per heavy atom. The molecule has 5 nitrogen and oxygen atoms in total. The van der Waals surface area contributed by atoms with Crippen molar-refractivity contribution in [3.05, 3.63) is 33.8 Å². The number of nitrogens with two attached hydrogens (primary N) is 1. The number of ether oxygens (including phenoxy) is 1. The molecule has 23 heavy (non-hydrogen) atoms. The quantitative estimate of drug-likeness (QED) is 0.541. The zero-order valence-corrected chi connectivity index (χ0v) is 14.3. The average Bonchev–Trinajstić information content (AvgIpc) is 2.78. The lowest BCUT2D eigenvalue weighted by molar-refractivity contribution is -0.148. The maximum Gasteiger partial charge on any atom is 0.451 e. The van der Waals surface area contributed by atoms with Gasteiger partial charge in [-0.25, -0.2) is 0 Å². The molecule has 0 spiro atoms. The maximum absolute atomic E-state index is 12.5. The molecule has 0 aromatic heterocycles. The Labute approximate surface area is 141 Å². The first-order chi connectivity index (χ1) is 10.8. The fraction of sp³-hybridized carbons (Fsp3) is 0.562. The molecule has 1 aliphatic rings. The van der Waals surface area contributed by atoms with Gasteiger partial charge >= 0.3 is 13.1 Å². The molecule has 1 aromatic rings. The minimum Gasteiger partial charge on any atom is -0.468 e. The van der Waals surface area contributed by atoms with Crippen LogP contribution in [0.4, 0.5) is 0 Å². The predicted octanol–water partition coefficient (Wildman–Crippen LogP) is 1.65. The molecule has 0 saturated heterocycles. The predicted molar refractivity (Wildman–Crippen MR) is 90.1 cm³/mol. The van der Waals surface area contributed by atoms with Crippen LogP contribution in [0, 0.1) is 5.92 Å². The van der Waals surface area contributed by atoms with E-state index in [4.69, 9.17) is 32.1 Å².